The minimum Gasteiger partial charge on any atom is -0.497 e. The van der Waals surface area contributed by atoms with Gasteiger partial charge in [0.05, 0.1) is 19.1 Å². The maximum atomic E-state index is 5.47. The van der Waals surface area contributed by atoms with Crippen molar-refractivity contribution in [1.29, 1.82) is 0 Å². The molecule has 0 saturated carbocycles. The van der Waals surface area contributed by atoms with Crippen molar-refractivity contribution in [2.75, 3.05) is 20.8 Å². The van der Waals surface area contributed by atoms with Crippen LogP contribution in [0.4, 0.5) is 0 Å². The fourth-order valence-electron chi connectivity index (χ4n) is 2.34. The summed E-state index contributed by atoms with van der Waals surface area (Å²) in [5.74, 6) is 1.87. The Balaban J connectivity index is 2.19. The molecule has 0 aliphatic heterocycles. The van der Waals surface area contributed by atoms with E-state index in [1.165, 1.54) is 10.4 Å². The molecule has 0 bridgehead atoms. The smallest absolute Gasteiger partial charge is 0.134 e. The Kier molecular flexibility index (Phi) is 6.08. The molecule has 2 aromatic rings. The summed E-state index contributed by atoms with van der Waals surface area (Å²) in [5.41, 5.74) is 1.26. The second-order valence-corrected chi connectivity index (χ2v) is 5.86. The molecular weight excluding hydrogens is 282 g/mol. The topological polar surface area (TPSA) is 30.5 Å². The van der Waals surface area contributed by atoms with E-state index in [4.69, 9.17) is 9.47 Å². The van der Waals surface area contributed by atoms with Crippen LogP contribution < -0.4 is 14.8 Å². The Morgan fingerprint density at radius 1 is 1.19 bits per heavy atom. The monoisotopic (exact) mass is 305 g/mol. The highest BCUT2D eigenvalue weighted by atomic mass is 32.1. The van der Waals surface area contributed by atoms with Gasteiger partial charge in [-0.25, -0.2) is 0 Å². The Hall–Kier alpha value is -1.52. The molecule has 1 N–H and O–H groups in total. The molecule has 1 atom stereocenters. The summed E-state index contributed by atoms with van der Waals surface area (Å²) < 4.78 is 10.8. The maximum Gasteiger partial charge on any atom is 0.134 e. The molecule has 114 valence electrons. The first-order valence-corrected chi connectivity index (χ1v) is 8.14. The number of hydrogen-bond acceptors (Lipinski definition) is 4. The molecule has 21 heavy (non-hydrogen) atoms. The van der Waals surface area contributed by atoms with Crippen molar-refractivity contribution in [2.45, 2.75) is 25.8 Å². The standard InChI is InChI=1S/C17H23NO2S/c1-4-9-18-15(17-16(20-3)8-10-21-17)12-13-6-5-7-14(11-13)19-2/h5-8,10-11,15,18H,4,9,12H2,1-3H3. The highest BCUT2D eigenvalue weighted by molar-refractivity contribution is 7.10. The van der Waals surface area contributed by atoms with Gasteiger partial charge in [0.1, 0.15) is 11.5 Å². The zero-order valence-corrected chi connectivity index (χ0v) is 13.7. The van der Waals surface area contributed by atoms with Crippen molar-refractivity contribution in [3.05, 3.63) is 46.2 Å². The van der Waals surface area contributed by atoms with Crippen LogP contribution in [0.3, 0.4) is 0 Å². The average Bonchev–Trinajstić information content (AvgIpc) is 3.00. The lowest BCUT2D eigenvalue weighted by Gasteiger charge is -2.19. The van der Waals surface area contributed by atoms with Crippen LogP contribution in [0.1, 0.15) is 29.8 Å². The van der Waals surface area contributed by atoms with Crippen molar-refractivity contribution in [3.63, 3.8) is 0 Å². The van der Waals surface area contributed by atoms with Crippen LogP contribution in [0.2, 0.25) is 0 Å². The lowest BCUT2D eigenvalue weighted by atomic mass is 10.0. The van der Waals surface area contributed by atoms with E-state index < -0.39 is 0 Å². The van der Waals surface area contributed by atoms with Gasteiger partial charge in [0, 0.05) is 6.04 Å². The summed E-state index contributed by atoms with van der Waals surface area (Å²) in [6.07, 6.45) is 2.04. The second kappa shape index (κ2) is 8.05. The molecular formula is C17H23NO2S. The van der Waals surface area contributed by atoms with Crippen LogP contribution in [0.15, 0.2) is 35.7 Å². The second-order valence-electron chi connectivity index (χ2n) is 4.92. The summed E-state index contributed by atoms with van der Waals surface area (Å²) in [6, 6.07) is 10.6. The fourth-order valence-corrected chi connectivity index (χ4v) is 3.28. The van der Waals surface area contributed by atoms with E-state index in [-0.39, 0.29) is 6.04 Å². The van der Waals surface area contributed by atoms with E-state index in [0.29, 0.717) is 0 Å². The molecule has 2 rings (SSSR count). The minimum absolute atomic E-state index is 0.270. The van der Waals surface area contributed by atoms with Gasteiger partial charge in [-0.3, -0.25) is 0 Å². The zero-order valence-electron chi connectivity index (χ0n) is 12.9. The molecule has 0 aliphatic carbocycles. The zero-order chi connectivity index (χ0) is 15.1. The molecule has 1 aromatic carbocycles. The van der Waals surface area contributed by atoms with E-state index in [1.807, 2.05) is 18.2 Å². The van der Waals surface area contributed by atoms with Gasteiger partial charge < -0.3 is 14.8 Å². The van der Waals surface area contributed by atoms with E-state index in [2.05, 4.69) is 29.8 Å². The summed E-state index contributed by atoms with van der Waals surface area (Å²) in [5, 5.41) is 5.71. The predicted octanol–water partition coefficient (Wildman–Crippen LogP) is 4.05. The molecule has 1 unspecified atom stereocenters. The van der Waals surface area contributed by atoms with Crippen molar-refractivity contribution in [2.24, 2.45) is 0 Å². The number of methoxy groups -OCH3 is 2. The van der Waals surface area contributed by atoms with Crippen molar-refractivity contribution in [1.82, 2.24) is 5.32 Å². The SMILES string of the molecule is CCCNC(Cc1cccc(OC)c1)c1sccc1OC. The Morgan fingerprint density at radius 3 is 2.76 bits per heavy atom. The Morgan fingerprint density at radius 2 is 2.05 bits per heavy atom. The molecule has 0 radical (unpaired) electrons. The summed E-state index contributed by atoms with van der Waals surface area (Å²) >= 11 is 1.74. The van der Waals surface area contributed by atoms with Crippen LogP contribution in [0.25, 0.3) is 0 Å². The number of rotatable bonds is 8. The van der Waals surface area contributed by atoms with Crippen LogP contribution in [0, 0.1) is 0 Å². The van der Waals surface area contributed by atoms with Gasteiger partial charge in [-0.2, -0.15) is 0 Å². The van der Waals surface area contributed by atoms with Gasteiger partial charge in [-0.05, 0) is 48.5 Å². The largest absolute Gasteiger partial charge is 0.497 e. The number of thiophene rings is 1. The van der Waals surface area contributed by atoms with E-state index >= 15 is 0 Å². The molecule has 0 fully saturated rings. The molecule has 0 aliphatic rings. The third-order valence-corrected chi connectivity index (χ3v) is 4.42. The number of hydrogen-bond donors (Lipinski definition) is 1. The quantitative estimate of drug-likeness (QED) is 0.798. The Labute approximate surface area is 130 Å². The summed E-state index contributed by atoms with van der Waals surface area (Å²) in [4.78, 5) is 1.26. The summed E-state index contributed by atoms with van der Waals surface area (Å²) in [6.45, 7) is 3.18. The molecule has 3 nitrogen and oxygen atoms in total. The van der Waals surface area contributed by atoms with Gasteiger partial charge in [0.15, 0.2) is 0 Å². The van der Waals surface area contributed by atoms with Gasteiger partial charge in [0.25, 0.3) is 0 Å². The first-order valence-electron chi connectivity index (χ1n) is 7.26. The average molecular weight is 305 g/mol. The lowest BCUT2D eigenvalue weighted by molar-refractivity contribution is 0.402. The highest BCUT2D eigenvalue weighted by Gasteiger charge is 2.17. The highest BCUT2D eigenvalue weighted by Crippen LogP contribution is 2.33. The minimum atomic E-state index is 0.270. The molecule has 0 amide bonds. The lowest BCUT2D eigenvalue weighted by Crippen LogP contribution is -2.23. The van der Waals surface area contributed by atoms with Gasteiger partial charge in [-0.1, -0.05) is 19.1 Å². The van der Waals surface area contributed by atoms with Crippen LogP contribution >= 0.6 is 11.3 Å². The number of benzene rings is 1. The Bertz CT molecular complexity index is 553. The summed E-state index contributed by atoms with van der Waals surface area (Å²) in [7, 11) is 3.43. The van der Waals surface area contributed by atoms with E-state index in [1.54, 1.807) is 25.6 Å². The van der Waals surface area contributed by atoms with Crippen molar-refractivity contribution in [3.8, 4) is 11.5 Å². The number of ether oxygens (including phenoxy) is 2. The third kappa shape index (κ3) is 4.22. The van der Waals surface area contributed by atoms with E-state index in [9.17, 15) is 0 Å². The van der Waals surface area contributed by atoms with E-state index in [0.717, 1.165) is 30.9 Å². The van der Waals surface area contributed by atoms with Crippen molar-refractivity contribution < 1.29 is 9.47 Å². The van der Waals surface area contributed by atoms with Crippen LogP contribution in [-0.4, -0.2) is 20.8 Å². The van der Waals surface area contributed by atoms with Crippen molar-refractivity contribution >= 4 is 11.3 Å². The molecule has 1 aromatic heterocycles. The first kappa shape index (κ1) is 15.9. The maximum absolute atomic E-state index is 5.47. The molecule has 4 heteroatoms. The molecule has 0 spiro atoms. The van der Waals surface area contributed by atoms with Gasteiger partial charge in [0.2, 0.25) is 0 Å². The first-order chi connectivity index (χ1) is 10.3. The normalized spacial score (nSPS) is 12.1. The fraction of sp³-hybridized carbons (Fsp3) is 0.412. The predicted molar refractivity (Wildman–Crippen MR) is 88.6 cm³/mol. The van der Waals surface area contributed by atoms with Crippen LogP contribution in [-0.2, 0) is 6.42 Å². The van der Waals surface area contributed by atoms with Gasteiger partial charge in [-0.15, -0.1) is 11.3 Å². The van der Waals surface area contributed by atoms with Gasteiger partial charge >= 0.3 is 0 Å². The number of nitrogens with one attached hydrogen (secondary N) is 1. The van der Waals surface area contributed by atoms with Crippen LogP contribution in [0.5, 0.6) is 11.5 Å². The molecule has 0 saturated heterocycles. The molecule has 1 heterocycles. The third-order valence-electron chi connectivity index (χ3n) is 3.41.